The van der Waals surface area contributed by atoms with Gasteiger partial charge >= 0.3 is 5.97 Å². The molecule has 0 aliphatic heterocycles. The average Bonchev–Trinajstić information content (AvgIpc) is 2.82. The van der Waals surface area contributed by atoms with Crippen molar-refractivity contribution >= 4 is 25.8 Å². The first-order valence-corrected chi connectivity index (χ1v) is 13.5. The predicted octanol–water partition coefficient (Wildman–Crippen LogP) is 2.91. The van der Waals surface area contributed by atoms with Gasteiger partial charge in [0.05, 0.1) is 21.4 Å². The van der Waals surface area contributed by atoms with E-state index >= 15 is 0 Å². The van der Waals surface area contributed by atoms with Crippen molar-refractivity contribution in [2.75, 3.05) is 19.9 Å². The molecule has 0 bridgehead atoms. The minimum absolute atomic E-state index is 0.0275. The number of nitrogens with zero attached hydrogens (tertiary/aromatic N) is 2. The number of carboxylic acids is 1. The maximum atomic E-state index is 13.0. The first-order chi connectivity index (χ1) is 16.4. The Labute approximate surface area is 203 Å². The van der Waals surface area contributed by atoms with Crippen LogP contribution in [0.15, 0.2) is 76.5 Å². The molecule has 0 atom stereocenters. The summed E-state index contributed by atoms with van der Waals surface area (Å²) >= 11 is 0. The van der Waals surface area contributed by atoms with Crippen LogP contribution in [0.2, 0.25) is 0 Å². The summed E-state index contributed by atoms with van der Waals surface area (Å²) in [6.07, 6.45) is 1.08. The molecule has 3 rings (SSSR count). The monoisotopic (exact) mass is 514 g/mol. The van der Waals surface area contributed by atoms with Gasteiger partial charge in [-0.15, -0.1) is 0 Å². The second-order valence-corrected chi connectivity index (χ2v) is 11.8. The highest BCUT2D eigenvalue weighted by molar-refractivity contribution is 7.90. The van der Waals surface area contributed by atoms with E-state index in [-0.39, 0.29) is 22.1 Å². The van der Waals surface area contributed by atoms with E-state index < -0.39 is 32.4 Å². The molecule has 3 aromatic rings. The fourth-order valence-corrected chi connectivity index (χ4v) is 5.11. The van der Waals surface area contributed by atoms with Crippen LogP contribution in [0.1, 0.15) is 11.1 Å². The fourth-order valence-electron chi connectivity index (χ4n) is 3.28. The van der Waals surface area contributed by atoms with Crippen LogP contribution in [0, 0.1) is 11.3 Å². The Hall–Kier alpha value is -3.72. The van der Waals surface area contributed by atoms with Crippen molar-refractivity contribution in [2.24, 2.45) is 0 Å². The zero-order valence-electron chi connectivity index (χ0n) is 18.9. The number of carboxylic acid groups (broad SMARTS) is 1. The van der Waals surface area contributed by atoms with E-state index in [2.05, 4.69) is 0 Å². The summed E-state index contributed by atoms with van der Waals surface area (Å²) in [4.78, 5) is 11.1. The van der Waals surface area contributed by atoms with Gasteiger partial charge in [0.2, 0.25) is 10.0 Å². The fraction of sp³-hybridized carbons (Fsp3) is 0.167. The molecule has 0 aliphatic rings. The molecule has 0 unspecified atom stereocenters. The molecule has 0 amide bonds. The van der Waals surface area contributed by atoms with Crippen molar-refractivity contribution < 1.29 is 31.5 Å². The number of hydrogen-bond donors (Lipinski definition) is 1. The van der Waals surface area contributed by atoms with Gasteiger partial charge in [0, 0.05) is 25.4 Å². The highest BCUT2D eigenvalue weighted by Crippen LogP contribution is 2.33. The minimum atomic E-state index is -3.86. The van der Waals surface area contributed by atoms with Gasteiger partial charge in [0.15, 0.2) is 16.4 Å². The lowest BCUT2D eigenvalue weighted by molar-refractivity contribution is -0.139. The van der Waals surface area contributed by atoms with Gasteiger partial charge in [-0.3, -0.25) is 0 Å². The molecule has 11 heteroatoms. The van der Waals surface area contributed by atoms with E-state index in [0.29, 0.717) is 22.3 Å². The van der Waals surface area contributed by atoms with Crippen molar-refractivity contribution in [1.29, 1.82) is 5.26 Å². The number of benzene rings is 3. The third kappa shape index (κ3) is 6.24. The summed E-state index contributed by atoms with van der Waals surface area (Å²) in [7, 11) is -5.95. The summed E-state index contributed by atoms with van der Waals surface area (Å²) in [6.45, 7) is -0.634. The molecule has 0 heterocycles. The molecule has 0 aliphatic carbocycles. The van der Waals surface area contributed by atoms with Gasteiger partial charge in [-0.1, -0.05) is 18.2 Å². The Morgan fingerprint density at radius 2 is 1.69 bits per heavy atom. The second-order valence-electron chi connectivity index (χ2n) is 7.71. The van der Waals surface area contributed by atoms with E-state index in [4.69, 9.17) is 15.1 Å². The van der Waals surface area contributed by atoms with Crippen LogP contribution in [-0.4, -0.2) is 52.1 Å². The molecular weight excluding hydrogens is 492 g/mol. The normalized spacial score (nSPS) is 11.7. The van der Waals surface area contributed by atoms with E-state index in [1.165, 1.54) is 49.5 Å². The minimum Gasteiger partial charge on any atom is -0.481 e. The molecule has 3 aromatic carbocycles. The van der Waals surface area contributed by atoms with Crippen LogP contribution >= 0.6 is 0 Å². The van der Waals surface area contributed by atoms with Gasteiger partial charge in [-0.2, -0.15) is 9.57 Å². The molecule has 35 heavy (non-hydrogen) atoms. The Morgan fingerprint density at radius 1 is 1.00 bits per heavy atom. The smallest absolute Gasteiger partial charge is 0.341 e. The Balaban J connectivity index is 1.99. The third-order valence-corrected chi connectivity index (χ3v) is 7.99. The van der Waals surface area contributed by atoms with Crippen LogP contribution in [-0.2, 0) is 31.2 Å². The number of nitriles is 1. The van der Waals surface area contributed by atoms with Gasteiger partial charge in [0.1, 0.15) is 5.75 Å². The van der Waals surface area contributed by atoms with Crippen LogP contribution in [0.25, 0.3) is 11.1 Å². The molecule has 0 fully saturated rings. The summed E-state index contributed by atoms with van der Waals surface area (Å²) in [5.41, 5.74) is 1.78. The number of aliphatic carboxylic acids is 1. The summed E-state index contributed by atoms with van der Waals surface area (Å²) in [5.74, 6) is -0.974. The lowest BCUT2D eigenvalue weighted by Gasteiger charge is -2.19. The first-order valence-electron chi connectivity index (χ1n) is 10.2. The van der Waals surface area contributed by atoms with Crippen LogP contribution < -0.4 is 4.74 Å². The maximum Gasteiger partial charge on any atom is 0.341 e. The lowest BCUT2D eigenvalue weighted by Crippen LogP contribution is -2.26. The van der Waals surface area contributed by atoms with E-state index in [0.717, 1.165) is 10.6 Å². The van der Waals surface area contributed by atoms with Crippen LogP contribution in [0.3, 0.4) is 0 Å². The molecular formula is C24H22N2O7S2. The zero-order chi connectivity index (χ0) is 25.8. The van der Waals surface area contributed by atoms with Gasteiger partial charge in [0.25, 0.3) is 0 Å². The summed E-state index contributed by atoms with van der Waals surface area (Å²) in [6, 6.07) is 18.3. The molecule has 0 spiro atoms. The highest BCUT2D eigenvalue weighted by atomic mass is 32.2. The SMILES string of the molecule is CN(Cc1ccc(OCC(=O)O)c(-c2cccc(S(C)(=O)=O)c2)c1)S(=O)(=O)c1ccc(C#N)cc1. The van der Waals surface area contributed by atoms with E-state index in [1.54, 1.807) is 24.3 Å². The largest absolute Gasteiger partial charge is 0.481 e. The van der Waals surface area contributed by atoms with E-state index in [1.807, 2.05) is 6.07 Å². The number of rotatable bonds is 9. The van der Waals surface area contributed by atoms with Gasteiger partial charge in [-0.05, 0) is 59.7 Å². The van der Waals surface area contributed by atoms with Crippen molar-refractivity contribution in [3.63, 3.8) is 0 Å². The Kier molecular flexibility index (Phi) is 7.60. The third-order valence-electron chi connectivity index (χ3n) is 5.07. The van der Waals surface area contributed by atoms with Crippen molar-refractivity contribution in [3.05, 3.63) is 77.9 Å². The Morgan fingerprint density at radius 3 is 2.29 bits per heavy atom. The average molecular weight is 515 g/mol. The number of ether oxygens (including phenoxy) is 1. The number of sulfone groups is 1. The van der Waals surface area contributed by atoms with E-state index in [9.17, 15) is 21.6 Å². The Bertz CT molecular complexity index is 1510. The number of carbonyl (C=O) groups is 1. The summed E-state index contributed by atoms with van der Waals surface area (Å²) < 4.78 is 56.5. The standard InChI is InChI=1S/C24H22N2O7S2/c1-26(35(31,32)20-9-6-17(14-25)7-10-20)15-18-8-11-23(33-16-24(27)28)22(12-18)19-4-3-5-21(13-19)34(2,29)30/h3-13H,15-16H2,1-2H3,(H,27,28). The number of hydrogen-bond acceptors (Lipinski definition) is 7. The molecule has 0 saturated carbocycles. The zero-order valence-corrected chi connectivity index (χ0v) is 20.5. The highest BCUT2D eigenvalue weighted by Gasteiger charge is 2.22. The van der Waals surface area contributed by atoms with Gasteiger partial charge < -0.3 is 9.84 Å². The van der Waals surface area contributed by atoms with Crippen molar-refractivity contribution in [1.82, 2.24) is 4.31 Å². The van der Waals surface area contributed by atoms with Crippen LogP contribution in [0.5, 0.6) is 5.75 Å². The topological polar surface area (TPSA) is 142 Å². The van der Waals surface area contributed by atoms with Gasteiger partial charge in [-0.25, -0.2) is 21.6 Å². The molecule has 1 N–H and O–H groups in total. The van der Waals surface area contributed by atoms with Crippen LogP contribution in [0.4, 0.5) is 0 Å². The molecule has 0 radical (unpaired) electrons. The summed E-state index contributed by atoms with van der Waals surface area (Å²) in [5, 5.41) is 17.9. The second kappa shape index (κ2) is 10.3. The lowest BCUT2D eigenvalue weighted by atomic mass is 10.0. The predicted molar refractivity (Wildman–Crippen MR) is 128 cm³/mol. The van der Waals surface area contributed by atoms with Crippen molar-refractivity contribution in [3.8, 4) is 22.9 Å². The molecule has 9 nitrogen and oxygen atoms in total. The maximum absolute atomic E-state index is 13.0. The quantitative estimate of drug-likeness (QED) is 0.459. The van der Waals surface area contributed by atoms with Crippen molar-refractivity contribution in [2.45, 2.75) is 16.3 Å². The molecule has 0 aromatic heterocycles. The first kappa shape index (κ1) is 25.9. The number of sulfonamides is 1. The molecule has 0 saturated heterocycles. The molecule has 182 valence electrons.